The Labute approximate surface area is 104 Å². The number of benzene rings is 1. The van der Waals surface area contributed by atoms with Gasteiger partial charge in [0.2, 0.25) is 0 Å². The van der Waals surface area contributed by atoms with E-state index in [2.05, 4.69) is 12.2 Å². The van der Waals surface area contributed by atoms with E-state index in [1.165, 1.54) is 24.8 Å². The smallest absolute Gasteiger partial charge is 0.123 e. The lowest BCUT2D eigenvalue weighted by atomic mass is 9.92. The van der Waals surface area contributed by atoms with Crippen LogP contribution in [0.2, 0.25) is 0 Å². The number of halogens is 1. The lowest BCUT2D eigenvalue weighted by Gasteiger charge is -2.21. The Morgan fingerprint density at radius 2 is 1.76 bits per heavy atom. The van der Waals surface area contributed by atoms with Gasteiger partial charge >= 0.3 is 0 Å². The molecule has 0 saturated heterocycles. The third kappa shape index (κ3) is 3.81. The minimum Gasteiger partial charge on any atom is -0.313 e. The van der Waals surface area contributed by atoms with Crippen molar-refractivity contribution in [2.45, 2.75) is 52.5 Å². The molecule has 0 bridgehead atoms. The molecule has 1 atom stereocenters. The van der Waals surface area contributed by atoms with Gasteiger partial charge in [0.1, 0.15) is 5.82 Å². The first-order valence-electron chi connectivity index (χ1n) is 6.54. The van der Waals surface area contributed by atoms with Crippen LogP contribution < -0.4 is 5.32 Å². The second-order valence-electron chi connectivity index (χ2n) is 4.79. The molecule has 17 heavy (non-hydrogen) atoms. The van der Waals surface area contributed by atoms with Crippen LogP contribution in [-0.4, -0.2) is 7.05 Å². The van der Waals surface area contributed by atoms with Gasteiger partial charge in [0, 0.05) is 6.04 Å². The van der Waals surface area contributed by atoms with Crippen molar-refractivity contribution in [3.8, 4) is 0 Å². The summed E-state index contributed by atoms with van der Waals surface area (Å²) < 4.78 is 13.3. The molecule has 0 fully saturated rings. The summed E-state index contributed by atoms with van der Waals surface area (Å²) >= 11 is 0. The van der Waals surface area contributed by atoms with Gasteiger partial charge in [-0.05, 0) is 56.1 Å². The Hall–Kier alpha value is -0.890. The highest BCUT2D eigenvalue weighted by molar-refractivity contribution is 5.36. The quantitative estimate of drug-likeness (QED) is 0.728. The van der Waals surface area contributed by atoms with Gasteiger partial charge in [-0.15, -0.1) is 0 Å². The standard InChI is InChI=1S/C15H24FN/c1-5-6-7-8-14(17-4)15-11(2)9-13(16)10-12(15)3/h9-10,14,17H,5-8H2,1-4H3. The number of rotatable bonds is 6. The molecule has 0 spiro atoms. The second kappa shape index (κ2) is 6.75. The van der Waals surface area contributed by atoms with Crippen molar-refractivity contribution in [1.82, 2.24) is 5.32 Å². The normalized spacial score (nSPS) is 12.8. The van der Waals surface area contributed by atoms with E-state index >= 15 is 0 Å². The van der Waals surface area contributed by atoms with Crippen molar-refractivity contribution in [1.29, 1.82) is 0 Å². The molecule has 1 nitrogen and oxygen atoms in total. The molecule has 0 aliphatic carbocycles. The molecular weight excluding hydrogens is 213 g/mol. The maximum Gasteiger partial charge on any atom is 0.123 e. The summed E-state index contributed by atoms with van der Waals surface area (Å²) in [4.78, 5) is 0. The predicted molar refractivity (Wildman–Crippen MR) is 71.8 cm³/mol. The van der Waals surface area contributed by atoms with Crippen molar-refractivity contribution in [2.24, 2.45) is 0 Å². The van der Waals surface area contributed by atoms with Gasteiger partial charge in [-0.2, -0.15) is 0 Å². The summed E-state index contributed by atoms with van der Waals surface area (Å²) in [6.45, 7) is 6.20. The van der Waals surface area contributed by atoms with Crippen molar-refractivity contribution in [2.75, 3.05) is 7.05 Å². The van der Waals surface area contributed by atoms with E-state index in [4.69, 9.17) is 0 Å². The predicted octanol–water partition coefficient (Wildman–Crippen LogP) is 4.28. The molecule has 0 heterocycles. The lowest BCUT2D eigenvalue weighted by molar-refractivity contribution is 0.506. The minimum absolute atomic E-state index is 0.132. The molecule has 0 radical (unpaired) electrons. The first-order chi connectivity index (χ1) is 8.10. The molecule has 1 N–H and O–H groups in total. The van der Waals surface area contributed by atoms with Crippen LogP contribution in [0.4, 0.5) is 4.39 Å². The average molecular weight is 237 g/mol. The molecule has 1 unspecified atom stereocenters. The summed E-state index contributed by atoms with van der Waals surface area (Å²) in [5.74, 6) is -0.132. The Kier molecular flexibility index (Phi) is 5.63. The maximum atomic E-state index is 13.3. The summed E-state index contributed by atoms with van der Waals surface area (Å²) in [7, 11) is 1.98. The summed E-state index contributed by atoms with van der Waals surface area (Å²) in [5.41, 5.74) is 3.38. The van der Waals surface area contributed by atoms with Crippen LogP contribution in [0.1, 0.15) is 55.3 Å². The third-order valence-corrected chi connectivity index (χ3v) is 3.35. The fourth-order valence-electron chi connectivity index (χ4n) is 2.50. The zero-order valence-electron chi connectivity index (χ0n) is 11.4. The van der Waals surface area contributed by atoms with E-state index in [0.29, 0.717) is 6.04 Å². The van der Waals surface area contributed by atoms with Crippen molar-refractivity contribution >= 4 is 0 Å². The highest BCUT2D eigenvalue weighted by Gasteiger charge is 2.14. The number of nitrogens with one attached hydrogen (secondary N) is 1. The topological polar surface area (TPSA) is 12.0 Å². The van der Waals surface area contributed by atoms with Gasteiger partial charge in [0.15, 0.2) is 0 Å². The average Bonchev–Trinajstić information content (AvgIpc) is 2.25. The fraction of sp³-hybridized carbons (Fsp3) is 0.600. The van der Waals surface area contributed by atoms with E-state index in [0.717, 1.165) is 17.5 Å². The number of hydrogen-bond acceptors (Lipinski definition) is 1. The Balaban J connectivity index is 2.87. The molecule has 1 rings (SSSR count). The minimum atomic E-state index is -0.132. The highest BCUT2D eigenvalue weighted by atomic mass is 19.1. The van der Waals surface area contributed by atoms with Gasteiger partial charge in [-0.3, -0.25) is 0 Å². The fourth-order valence-corrected chi connectivity index (χ4v) is 2.50. The zero-order chi connectivity index (χ0) is 12.8. The van der Waals surface area contributed by atoms with Gasteiger partial charge in [-0.1, -0.05) is 26.2 Å². The third-order valence-electron chi connectivity index (χ3n) is 3.35. The van der Waals surface area contributed by atoms with Crippen LogP contribution in [-0.2, 0) is 0 Å². The zero-order valence-corrected chi connectivity index (χ0v) is 11.4. The Morgan fingerprint density at radius 3 is 2.24 bits per heavy atom. The van der Waals surface area contributed by atoms with Gasteiger partial charge in [-0.25, -0.2) is 4.39 Å². The summed E-state index contributed by atoms with van der Waals surface area (Å²) in [6.07, 6.45) is 4.84. The van der Waals surface area contributed by atoms with E-state index < -0.39 is 0 Å². The lowest BCUT2D eigenvalue weighted by Crippen LogP contribution is -2.18. The van der Waals surface area contributed by atoms with Crippen LogP contribution in [0.15, 0.2) is 12.1 Å². The Morgan fingerprint density at radius 1 is 1.18 bits per heavy atom. The molecule has 0 aliphatic heterocycles. The van der Waals surface area contributed by atoms with E-state index in [1.54, 1.807) is 12.1 Å². The number of unbranched alkanes of at least 4 members (excludes halogenated alkanes) is 2. The van der Waals surface area contributed by atoms with Crippen LogP contribution in [0.25, 0.3) is 0 Å². The van der Waals surface area contributed by atoms with E-state index in [1.807, 2.05) is 20.9 Å². The van der Waals surface area contributed by atoms with Crippen LogP contribution >= 0.6 is 0 Å². The first-order valence-corrected chi connectivity index (χ1v) is 6.54. The highest BCUT2D eigenvalue weighted by Crippen LogP contribution is 2.26. The molecule has 0 aromatic heterocycles. The number of aryl methyl sites for hydroxylation is 2. The van der Waals surface area contributed by atoms with Gasteiger partial charge < -0.3 is 5.32 Å². The van der Waals surface area contributed by atoms with E-state index in [-0.39, 0.29) is 5.82 Å². The van der Waals surface area contributed by atoms with Crippen LogP contribution in [0.3, 0.4) is 0 Å². The Bertz CT molecular complexity index is 337. The largest absolute Gasteiger partial charge is 0.313 e. The molecule has 0 saturated carbocycles. The SMILES string of the molecule is CCCCCC(NC)c1c(C)cc(F)cc1C. The summed E-state index contributed by atoms with van der Waals surface area (Å²) in [5, 5.41) is 3.36. The second-order valence-corrected chi connectivity index (χ2v) is 4.79. The van der Waals surface area contributed by atoms with Gasteiger partial charge in [0.25, 0.3) is 0 Å². The molecule has 1 aromatic rings. The molecule has 0 amide bonds. The van der Waals surface area contributed by atoms with Crippen LogP contribution in [0.5, 0.6) is 0 Å². The maximum absolute atomic E-state index is 13.3. The number of hydrogen-bond donors (Lipinski definition) is 1. The van der Waals surface area contributed by atoms with Crippen molar-refractivity contribution in [3.63, 3.8) is 0 Å². The molecule has 96 valence electrons. The van der Waals surface area contributed by atoms with Crippen molar-refractivity contribution in [3.05, 3.63) is 34.6 Å². The molecule has 2 heteroatoms. The van der Waals surface area contributed by atoms with Crippen LogP contribution in [0, 0.1) is 19.7 Å². The summed E-state index contributed by atoms with van der Waals surface area (Å²) in [6, 6.07) is 3.61. The van der Waals surface area contributed by atoms with E-state index in [9.17, 15) is 4.39 Å². The molecular formula is C15H24FN. The molecule has 0 aliphatic rings. The monoisotopic (exact) mass is 237 g/mol. The van der Waals surface area contributed by atoms with Gasteiger partial charge in [0.05, 0.1) is 0 Å². The molecule has 1 aromatic carbocycles. The van der Waals surface area contributed by atoms with Crippen molar-refractivity contribution < 1.29 is 4.39 Å². The first kappa shape index (κ1) is 14.2.